The van der Waals surface area contributed by atoms with Crippen LogP contribution in [0.3, 0.4) is 0 Å². The summed E-state index contributed by atoms with van der Waals surface area (Å²) in [6, 6.07) is 5.34. The van der Waals surface area contributed by atoms with Crippen molar-refractivity contribution < 1.29 is 19.0 Å². The van der Waals surface area contributed by atoms with Crippen LogP contribution in [0, 0.1) is 5.92 Å². The van der Waals surface area contributed by atoms with E-state index in [2.05, 4.69) is 17.3 Å². The molecule has 24 heavy (non-hydrogen) atoms. The Morgan fingerprint density at radius 1 is 1.17 bits per heavy atom. The van der Waals surface area contributed by atoms with Gasteiger partial charge in [0.15, 0.2) is 11.5 Å². The lowest BCUT2D eigenvalue weighted by molar-refractivity contribution is 0.0625. The summed E-state index contributed by atoms with van der Waals surface area (Å²) in [5.74, 6) is 1.57. The molecule has 0 aliphatic carbocycles. The molecular weight excluding hydrogens is 310 g/mol. The van der Waals surface area contributed by atoms with Gasteiger partial charge in [0.2, 0.25) is 0 Å². The van der Waals surface area contributed by atoms with Gasteiger partial charge in [-0.3, -0.25) is 0 Å². The van der Waals surface area contributed by atoms with Crippen molar-refractivity contribution in [1.82, 2.24) is 9.80 Å². The van der Waals surface area contributed by atoms with E-state index in [1.165, 1.54) is 0 Å². The molecule has 0 spiro atoms. The van der Waals surface area contributed by atoms with E-state index in [4.69, 9.17) is 14.2 Å². The molecule has 3 rings (SSSR count). The number of methoxy groups -OCH3 is 2. The number of carbonyl (C=O) groups is 1. The maximum absolute atomic E-state index is 12.8. The van der Waals surface area contributed by atoms with Crippen LogP contribution >= 0.6 is 0 Å². The zero-order valence-corrected chi connectivity index (χ0v) is 14.4. The van der Waals surface area contributed by atoms with Crippen molar-refractivity contribution in [3.63, 3.8) is 0 Å². The average molecular weight is 335 g/mol. The Kier molecular flexibility index (Phi) is 5.11. The van der Waals surface area contributed by atoms with E-state index in [1.807, 2.05) is 11.0 Å². The molecule has 7 heteroatoms. The van der Waals surface area contributed by atoms with Crippen LogP contribution in [0.2, 0.25) is 0 Å². The van der Waals surface area contributed by atoms with E-state index in [-0.39, 0.29) is 12.1 Å². The molecule has 2 heterocycles. The molecular formula is C17H25N3O4. The van der Waals surface area contributed by atoms with Crippen molar-refractivity contribution >= 4 is 11.7 Å². The minimum atomic E-state index is -0.0991. The number of carbonyl (C=O) groups excluding carboxylic acids is 1. The number of fused-ring (bicyclic) bond motifs is 3. The lowest BCUT2D eigenvalue weighted by atomic mass is 10.1. The van der Waals surface area contributed by atoms with Gasteiger partial charge >= 0.3 is 6.03 Å². The number of rotatable bonds is 3. The number of amides is 2. The minimum absolute atomic E-state index is 0.0719. The fourth-order valence-electron chi connectivity index (χ4n) is 3.44. The summed E-state index contributed by atoms with van der Waals surface area (Å²) in [5, 5.41) is 2.97. The first-order valence-electron chi connectivity index (χ1n) is 8.16. The summed E-state index contributed by atoms with van der Waals surface area (Å²) in [4.78, 5) is 17.0. The second kappa shape index (κ2) is 7.27. The SMILES string of the molecule is COc1ccc(NC(=O)N2C[C@H]3COC[C@@H]2CN(C)C3)cc1OC. The molecule has 2 aliphatic rings. The first-order valence-corrected chi connectivity index (χ1v) is 8.16. The zero-order valence-electron chi connectivity index (χ0n) is 14.4. The highest BCUT2D eigenvalue weighted by Gasteiger charge is 2.34. The second-order valence-corrected chi connectivity index (χ2v) is 6.43. The predicted octanol–water partition coefficient (Wildman–Crippen LogP) is 1.50. The van der Waals surface area contributed by atoms with Crippen molar-refractivity contribution in [2.75, 3.05) is 59.4 Å². The monoisotopic (exact) mass is 335 g/mol. The number of likely N-dealkylation sites (N-methyl/N-ethyl adjacent to an activating group) is 1. The molecule has 2 amide bonds. The lowest BCUT2D eigenvalue weighted by Crippen LogP contribution is -2.47. The topological polar surface area (TPSA) is 63.3 Å². The Morgan fingerprint density at radius 3 is 2.71 bits per heavy atom. The average Bonchev–Trinajstić information content (AvgIpc) is 2.85. The standard InChI is InChI=1S/C17H25N3O4/c1-19-7-12-8-20(14(9-19)11-24-10-12)17(21)18-13-4-5-15(22-2)16(6-13)23-3/h4-6,12,14H,7-11H2,1-3H3,(H,18,21)/t12-,14-/m0/s1. The van der Waals surface area contributed by atoms with Gasteiger partial charge in [0.05, 0.1) is 33.5 Å². The molecule has 7 nitrogen and oxygen atoms in total. The molecule has 2 fully saturated rings. The van der Waals surface area contributed by atoms with Gasteiger partial charge in [0.1, 0.15) is 0 Å². The van der Waals surface area contributed by atoms with Gasteiger partial charge in [-0.1, -0.05) is 0 Å². The molecule has 0 unspecified atom stereocenters. The van der Waals surface area contributed by atoms with Crippen LogP contribution in [0.4, 0.5) is 10.5 Å². The highest BCUT2D eigenvalue weighted by molar-refractivity contribution is 5.90. The van der Waals surface area contributed by atoms with E-state index in [0.717, 1.165) is 13.1 Å². The molecule has 2 bridgehead atoms. The third kappa shape index (κ3) is 3.57. The number of ether oxygens (including phenoxy) is 3. The van der Waals surface area contributed by atoms with E-state index in [0.29, 0.717) is 42.9 Å². The third-order valence-electron chi connectivity index (χ3n) is 4.55. The van der Waals surface area contributed by atoms with Crippen LogP contribution in [-0.4, -0.2) is 76.0 Å². The number of urea groups is 1. The second-order valence-electron chi connectivity index (χ2n) is 6.43. The number of benzene rings is 1. The molecule has 2 aliphatic heterocycles. The van der Waals surface area contributed by atoms with Crippen molar-refractivity contribution in [3.05, 3.63) is 18.2 Å². The molecule has 0 aromatic heterocycles. The maximum atomic E-state index is 12.8. The van der Waals surface area contributed by atoms with Gasteiger partial charge in [0, 0.05) is 37.3 Å². The van der Waals surface area contributed by atoms with Crippen molar-refractivity contribution in [2.45, 2.75) is 6.04 Å². The zero-order chi connectivity index (χ0) is 17.1. The summed E-state index contributed by atoms with van der Waals surface area (Å²) >= 11 is 0. The molecule has 0 radical (unpaired) electrons. The normalized spacial score (nSPS) is 24.2. The fraction of sp³-hybridized carbons (Fsp3) is 0.588. The van der Waals surface area contributed by atoms with Crippen LogP contribution in [-0.2, 0) is 4.74 Å². The van der Waals surface area contributed by atoms with Crippen LogP contribution in [0.15, 0.2) is 18.2 Å². The van der Waals surface area contributed by atoms with Crippen LogP contribution in [0.1, 0.15) is 0 Å². The van der Waals surface area contributed by atoms with Gasteiger partial charge in [0.25, 0.3) is 0 Å². The number of nitrogens with zero attached hydrogens (tertiary/aromatic N) is 2. The predicted molar refractivity (Wildman–Crippen MR) is 90.9 cm³/mol. The van der Waals surface area contributed by atoms with Crippen molar-refractivity contribution in [3.8, 4) is 11.5 Å². The first kappa shape index (κ1) is 16.9. The molecule has 1 aromatic carbocycles. The highest BCUT2D eigenvalue weighted by atomic mass is 16.5. The Hall–Kier alpha value is -1.99. The van der Waals surface area contributed by atoms with Gasteiger partial charge in [-0.05, 0) is 19.2 Å². The van der Waals surface area contributed by atoms with E-state index in [9.17, 15) is 4.79 Å². The summed E-state index contributed by atoms with van der Waals surface area (Å²) < 4.78 is 16.2. The quantitative estimate of drug-likeness (QED) is 0.907. The van der Waals surface area contributed by atoms with E-state index in [1.54, 1.807) is 26.4 Å². The van der Waals surface area contributed by atoms with Crippen LogP contribution in [0.25, 0.3) is 0 Å². The summed E-state index contributed by atoms with van der Waals surface area (Å²) in [6.07, 6.45) is 0. The van der Waals surface area contributed by atoms with Gasteiger partial charge in [-0.15, -0.1) is 0 Å². The number of anilines is 1. The van der Waals surface area contributed by atoms with Crippen molar-refractivity contribution in [1.29, 1.82) is 0 Å². The van der Waals surface area contributed by atoms with Gasteiger partial charge in [-0.25, -0.2) is 4.79 Å². The largest absolute Gasteiger partial charge is 0.493 e. The maximum Gasteiger partial charge on any atom is 0.322 e. The van der Waals surface area contributed by atoms with E-state index < -0.39 is 0 Å². The fourth-order valence-corrected chi connectivity index (χ4v) is 3.44. The third-order valence-corrected chi connectivity index (χ3v) is 4.55. The smallest absolute Gasteiger partial charge is 0.322 e. The molecule has 1 N–H and O–H groups in total. The van der Waals surface area contributed by atoms with E-state index >= 15 is 0 Å². The van der Waals surface area contributed by atoms with Gasteiger partial charge in [-0.2, -0.15) is 0 Å². The summed E-state index contributed by atoms with van der Waals surface area (Å²) in [5.41, 5.74) is 0.686. The van der Waals surface area contributed by atoms with Gasteiger partial charge < -0.3 is 29.3 Å². The number of hydrogen-bond acceptors (Lipinski definition) is 5. The van der Waals surface area contributed by atoms with Crippen LogP contribution < -0.4 is 14.8 Å². The Bertz CT molecular complexity index is 595. The van der Waals surface area contributed by atoms with Crippen molar-refractivity contribution in [2.24, 2.45) is 5.92 Å². The molecule has 1 aromatic rings. The number of nitrogens with one attached hydrogen (secondary N) is 1. The Labute approximate surface area is 142 Å². The van der Waals surface area contributed by atoms with Crippen LogP contribution in [0.5, 0.6) is 11.5 Å². The minimum Gasteiger partial charge on any atom is -0.493 e. The summed E-state index contributed by atoms with van der Waals surface area (Å²) in [6.45, 7) is 3.79. The lowest BCUT2D eigenvalue weighted by Gasteiger charge is -2.29. The highest BCUT2D eigenvalue weighted by Crippen LogP contribution is 2.30. The molecule has 132 valence electrons. The summed E-state index contributed by atoms with van der Waals surface area (Å²) in [7, 11) is 5.26. The first-order chi connectivity index (χ1) is 11.6. The molecule has 0 saturated carbocycles. The Balaban J connectivity index is 1.74. The number of hydrogen-bond donors (Lipinski definition) is 1. The molecule has 2 saturated heterocycles. The Morgan fingerprint density at radius 2 is 1.96 bits per heavy atom. The molecule has 2 atom stereocenters.